The van der Waals surface area contributed by atoms with Crippen molar-refractivity contribution in [1.29, 1.82) is 0 Å². The summed E-state index contributed by atoms with van der Waals surface area (Å²) < 4.78 is 11.3. The van der Waals surface area contributed by atoms with Crippen LogP contribution < -0.4 is 0 Å². The van der Waals surface area contributed by atoms with Gasteiger partial charge in [-0.2, -0.15) is 0 Å². The third-order valence-corrected chi connectivity index (χ3v) is 5.43. The molecule has 0 bridgehead atoms. The number of aliphatic hydroxyl groups excluding tert-OH is 1. The van der Waals surface area contributed by atoms with E-state index in [4.69, 9.17) is 9.47 Å². The number of hydrogen-bond acceptors (Lipinski definition) is 4. The number of methoxy groups -OCH3 is 1. The highest BCUT2D eigenvalue weighted by molar-refractivity contribution is 5.70. The second-order valence-electron chi connectivity index (χ2n) is 8.54. The molecule has 0 saturated carbocycles. The first kappa shape index (κ1) is 27.1. The minimum atomic E-state index is -0.695. The monoisotopic (exact) mass is 430 g/mol. The molecular weight excluding hydrogens is 388 g/mol. The molecule has 1 rings (SSSR count). The van der Waals surface area contributed by atoms with Crippen LogP contribution in [-0.2, 0) is 14.3 Å². The Kier molecular flexibility index (Phi) is 13.8. The van der Waals surface area contributed by atoms with Crippen LogP contribution in [0.15, 0.2) is 59.8 Å². The summed E-state index contributed by atoms with van der Waals surface area (Å²) in [5.41, 5.74) is 2.38. The van der Waals surface area contributed by atoms with Gasteiger partial charge in [0.25, 0.3) is 0 Å². The number of carbonyl (C=O) groups excluding carboxylic acids is 1. The maximum absolute atomic E-state index is 12.4. The van der Waals surface area contributed by atoms with E-state index in [0.29, 0.717) is 18.8 Å². The average Bonchev–Trinajstić information content (AvgIpc) is 2.71. The quantitative estimate of drug-likeness (QED) is 0.424. The summed E-state index contributed by atoms with van der Waals surface area (Å²) in [4.78, 5) is 12.4. The van der Waals surface area contributed by atoms with Crippen LogP contribution in [0.3, 0.4) is 0 Å². The van der Waals surface area contributed by atoms with Gasteiger partial charge in [-0.25, -0.2) is 0 Å². The molecule has 0 fully saturated rings. The Morgan fingerprint density at radius 1 is 1.26 bits per heavy atom. The van der Waals surface area contributed by atoms with E-state index in [0.717, 1.165) is 31.3 Å². The van der Waals surface area contributed by atoms with Crippen molar-refractivity contribution in [3.63, 3.8) is 0 Å². The number of ether oxygens (including phenoxy) is 2. The van der Waals surface area contributed by atoms with Gasteiger partial charge in [-0.1, -0.05) is 55.0 Å². The predicted octanol–water partition coefficient (Wildman–Crippen LogP) is 6.24. The molecule has 0 amide bonds. The van der Waals surface area contributed by atoms with Crippen LogP contribution in [0.1, 0.15) is 72.6 Å². The molecule has 1 aliphatic heterocycles. The van der Waals surface area contributed by atoms with Crippen molar-refractivity contribution in [2.45, 2.75) is 91.0 Å². The molecule has 31 heavy (non-hydrogen) atoms. The van der Waals surface area contributed by atoms with Crippen LogP contribution in [0.5, 0.6) is 0 Å². The lowest BCUT2D eigenvalue weighted by Crippen LogP contribution is -2.21. The molecule has 1 N–H and O–H groups in total. The van der Waals surface area contributed by atoms with E-state index >= 15 is 0 Å². The van der Waals surface area contributed by atoms with E-state index in [1.165, 1.54) is 5.57 Å². The Morgan fingerprint density at radius 3 is 2.65 bits per heavy atom. The van der Waals surface area contributed by atoms with Crippen LogP contribution in [0, 0.1) is 5.92 Å². The highest BCUT2D eigenvalue weighted by Crippen LogP contribution is 2.19. The van der Waals surface area contributed by atoms with Crippen molar-refractivity contribution >= 4 is 5.97 Å². The smallest absolute Gasteiger partial charge is 0.309 e. The number of esters is 1. The van der Waals surface area contributed by atoms with Gasteiger partial charge in [0.15, 0.2) is 0 Å². The second kappa shape index (κ2) is 15.8. The third-order valence-electron chi connectivity index (χ3n) is 5.43. The van der Waals surface area contributed by atoms with Gasteiger partial charge in [-0.05, 0) is 70.4 Å². The Hall–Kier alpha value is -1.91. The molecule has 0 aromatic rings. The summed E-state index contributed by atoms with van der Waals surface area (Å²) in [6, 6.07) is 0. The minimum Gasteiger partial charge on any atom is -0.458 e. The molecule has 0 aromatic carbocycles. The maximum atomic E-state index is 12.4. The Bertz CT molecular complexity index is 669. The molecule has 1 heterocycles. The summed E-state index contributed by atoms with van der Waals surface area (Å²) in [6.07, 6.45) is 20.3. The molecule has 1 aliphatic rings. The molecule has 0 aliphatic carbocycles. The van der Waals surface area contributed by atoms with Crippen LogP contribution in [0.2, 0.25) is 0 Å². The minimum absolute atomic E-state index is 0.0192. The van der Waals surface area contributed by atoms with E-state index in [2.05, 4.69) is 38.2 Å². The number of hydrogen-bond donors (Lipinski definition) is 1. The highest BCUT2D eigenvalue weighted by atomic mass is 16.5. The normalized spacial score (nSPS) is 28.1. The van der Waals surface area contributed by atoms with Gasteiger partial charge >= 0.3 is 5.97 Å². The van der Waals surface area contributed by atoms with E-state index in [1.54, 1.807) is 7.11 Å². The lowest BCUT2D eigenvalue weighted by Gasteiger charge is -2.19. The molecule has 4 atom stereocenters. The molecule has 0 spiro atoms. The molecule has 0 unspecified atom stereocenters. The SMILES string of the molecule is C/C=C/C/C(C)=C\[C@H]1CC=CC=CC[C@H](C)C=C(C)[C@@H](OC)CCC[C@@H](O)CC(=O)O1. The summed E-state index contributed by atoms with van der Waals surface area (Å²) in [5, 5.41) is 10.3. The fourth-order valence-electron chi connectivity index (χ4n) is 3.71. The van der Waals surface area contributed by atoms with Crippen molar-refractivity contribution in [2.75, 3.05) is 7.11 Å². The molecule has 0 saturated heterocycles. The Balaban J connectivity index is 2.94. The van der Waals surface area contributed by atoms with E-state index in [1.807, 2.05) is 38.2 Å². The van der Waals surface area contributed by atoms with Crippen molar-refractivity contribution in [3.05, 3.63) is 59.8 Å². The topological polar surface area (TPSA) is 55.8 Å². The van der Waals surface area contributed by atoms with Gasteiger partial charge in [0.2, 0.25) is 0 Å². The third kappa shape index (κ3) is 12.5. The summed E-state index contributed by atoms with van der Waals surface area (Å²) in [6.45, 7) is 8.35. The number of carbonyl (C=O) groups is 1. The largest absolute Gasteiger partial charge is 0.458 e. The molecule has 4 heteroatoms. The van der Waals surface area contributed by atoms with Crippen LogP contribution >= 0.6 is 0 Å². The zero-order valence-corrected chi connectivity index (χ0v) is 20.0. The lowest BCUT2D eigenvalue weighted by atomic mass is 9.97. The van der Waals surface area contributed by atoms with Crippen LogP contribution in [0.4, 0.5) is 0 Å². The number of cyclic esters (lactones) is 1. The average molecular weight is 431 g/mol. The standard InChI is InChI=1S/C27H42O4/c1-6-7-13-22(3)19-25-16-11-9-8-10-14-21(2)18-23(4)26(30-5)17-12-15-24(28)20-27(29)31-25/h6-11,18-19,21,24-26,28H,12-17,20H2,1-5H3/b7-6+,10-8?,11-9?,22-19-,23-18?/t21-,24+,25+,26-/m0/s1. The lowest BCUT2D eigenvalue weighted by molar-refractivity contribution is -0.149. The van der Waals surface area contributed by atoms with Crippen molar-refractivity contribution in [3.8, 4) is 0 Å². The van der Waals surface area contributed by atoms with Gasteiger partial charge < -0.3 is 14.6 Å². The van der Waals surface area contributed by atoms with Crippen molar-refractivity contribution in [2.24, 2.45) is 5.92 Å². The van der Waals surface area contributed by atoms with E-state index < -0.39 is 6.10 Å². The second-order valence-corrected chi connectivity index (χ2v) is 8.54. The van der Waals surface area contributed by atoms with Crippen molar-refractivity contribution < 1.29 is 19.4 Å². The summed E-state index contributed by atoms with van der Waals surface area (Å²) in [7, 11) is 1.73. The molecule has 0 aromatic heterocycles. The molecular formula is C27H42O4. The summed E-state index contributed by atoms with van der Waals surface area (Å²) in [5.74, 6) is 0.0727. The van der Waals surface area contributed by atoms with E-state index in [-0.39, 0.29) is 24.6 Å². The van der Waals surface area contributed by atoms with Crippen LogP contribution in [-0.4, -0.2) is 36.5 Å². The highest BCUT2D eigenvalue weighted by Gasteiger charge is 2.17. The van der Waals surface area contributed by atoms with Gasteiger partial charge in [-0.15, -0.1) is 0 Å². The molecule has 4 nitrogen and oxygen atoms in total. The zero-order valence-electron chi connectivity index (χ0n) is 20.0. The Labute approximate surface area is 189 Å². The fraction of sp³-hybridized carbons (Fsp3) is 0.593. The number of rotatable bonds is 4. The number of allylic oxidation sites excluding steroid dienone is 7. The molecule has 0 radical (unpaired) electrons. The maximum Gasteiger partial charge on any atom is 0.309 e. The first-order valence-corrected chi connectivity index (χ1v) is 11.5. The fourth-order valence-corrected chi connectivity index (χ4v) is 3.71. The van der Waals surface area contributed by atoms with Gasteiger partial charge in [0.05, 0.1) is 18.6 Å². The van der Waals surface area contributed by atoms with Gasteiger partial charge in [0, 0.05) is 13.5 Å². The van der Waals surface area contributed by atoms with Gasteiger partial charge in [-0.3, -0.25) is 4.79 Å². The predicted molar refractivity (Wildman–Crippen MR) is 129 cm³/mol. The van der Waals surface area contributed by atoms with Crippen LogP contribution in [0.25, 0.3) is 0 Å². The van der Waals surface area contributed by atoms with Crippen molar-refractivity contribution in [1.82, 2.24) is 0 Å². The van der Waals surface area contributed by atoms with Gasteiger partial charge in [0.1, 0.15) is 6.10 Å². The zero-order chi connectivity index (χ0) is 23.1. The molecule has 174 valence electrons. The first-order chi connectivity index (χ1) is 14.8. The number of aliphatic hydroxyl groups is 1. The van der Waals surface area contributed by atoms with E-state index in [9.17, 15) is 9.90 Å². The Morgan fingerprint density at radius 2 is 1.97 bits per heavy atom. The first-order valence-electron chi connectivity index (χ1n) is 11.5. The summed E-state index contributed by atoms with van der Waals surface area (Å²) >= 11 is 0.